The first-order chi connectivity index (χ1) is 13.6. The third-order valence-electron chi connectivity index (χ3n) is 5.36. The van der Waals surface area contributed by atoms with Crippen LogP contribution in [0, 0.1) is 6.92 Å². The van der Waals surface area contributed by atoms with Crippen molar-refractivity contribution >= 4 is 5.91 Å². The molecule has 1 saturated carbocycles. The highest BCUT2D eigenvalue weighted by molar-refractivity contribution is 5.90. The molecule has 3 aromatic rings. The molecular formula is C20H22N6O2. The first-order valence-corrected chi connectivity index (χ1v) is 9.73. The molecule has 0 bridgehead atoms. The van der Waals surface area contributed by atoms with Crippen molar-refractivity contribution in [1.82, 2.24) is 30.0 Å². The number of amides is 1. The minimum Gasteiger partial charge on any atom is -0.441 e. The van der Waals surface area contributed by atoms with Crippen LogP contribution in [-0.4, -0.2) is 30.6 Å². The average Bonchev–Trinajstić information content (AvgIpc) is 3.35. The summed E-state index contributed by atoms with van der Waals surface area (Å²) < 4.78 is 7.57. The summed E-state index contributed by atoms with van der Waals surface area (Å²) in [7, 11) is 1.72. The summed E-state index contributed by atoms with van der Waals surface area (Å²) in [4.78, 5) is 26.1. The molecule has 0 saturated heterocycles. The molecule has 3 heterocycles. The fourth-order valence-electron chi connectivity index (χ4n) is 3.80. The van der Waals surface area contributed by atoms with Crippen LogP contribution in [-0.2, 0) is 13.5 Å². The van der Waals surface area contributed by atoms with Gasteiger partial charge in [-0.15, -0.1) is 0 Å². The summed E-state index contributed by atoms with van der Waals surface area (Å²) in [6.45, 7) is 1.77. The number of fused-ring (bicyclic) bond motifs is 1. The Labute approximate surface area is 162 Å². The lowest BCUT2D eigenvalue weighted by Gasteiger charge is -2.20. The van der Waals surface area contributed by atoms with Gasteiger partial charge in [-0.3, -0.25) is 9.78 Å². The normalized spacial score (nSPS) is 18.7. The third kappa shape index (κ3) is 3.08. The second-order valence-electron chi connectivity index (χ2n) is 7.60. The molecule has 0 aromatic carbocycles. The fraction of sp³-hybridized carbons (Fsp3) is 0.450. The number of oxazole rings is 1. The van der Waals surface area contributed by atoms with Crippen LogP contribution >= 0.6 is 0 Å². The Hall–Kier alpha value is -3.03. The average molecular weight is 378 g/mol. The molecule has 8 nitrogen and oxygen atoms in total. The van der Waals surface area contributed by atoms with Gasteiger partial charge in [0.25, 0.3) is 5.91 Å². The monoisotopic (exact) mass is 378 g/mol. The van der Waals surface area contributed by atoms with Gasteiger partial charge >= 0.3 is 0 Å². The van der Waals surface area contributed by atoms with Gasteiger partial charge in [0.05, 0.1) is 6.04 Å². The van der Waals surface area contributed by atoms with E-state index < -0.39 is 0 Å². The molecule has 1 fully saturated rings. The number of hydrogen-bond acceptors (Lipinski definition) is 6. The van der Waals surface area contributed by atoms with E-state index in [0.717, 1.165) is 42.0 Å². The fourth-order valence-corrected chi connectivity index (χ4v) is 3.80. The summed E-state index contributed by atoms with van der Waals surface area (Å²) in [6, 6.07) is 3.82. The lowest BCUT2D eigenvalue weighted by molar-refractivity contribution is 0.0916. The third-order valence-corrected chi connectivity index (χ3v) is 5.36. The number of hydrogen-bond donors (Lipinski definition) is 1. The van der Waals surface area contributed by atoms with Gasteiger partial charge in [-0.2, -0.15) is 5.10 Å². The molecule has 0 unspecified atom stereocenters. The second kappa shape index (κ2) is 6.54. The van der Waals surface area contributed by atoms with Crippen LogP contribution in [0.15, 0.2) is 22.7 Å². The number of nitrogens with one attached hydrogen (secondary N) is 1. The van der Waals surface area contributed by atoms with Crippen molar-refractivity contribution in [2.45, 2.75) is 51.0 Å². The Morgan fingerprint density at radius 3 is 2.89 bits per heavy atom. The van der Waals surface area contributed by atoms with Crippen LogP contribution in [0.5, 0.6) is 0 Å². The minimum absolute atomic E-state index is 0.185. The first kappa shape index (κ1) is 17.1. The Morgan fingerprint density at radius 2 is 2.14 bits per heavy atom. The number of rotatable bonds is 4. The molecule has 2 aliphatic carbocycles. The van der Waals surface area contributed by atoms with Crippen molar-refractivity contribution in [3.63, 3.8) is 0 Å². The molecule has 0 spiro atoms. The summed E-state index contributed by atoms with van der Waals surface area (Å²) in [5.41, 5.74) is 2.87. The van der Waals surface area contributed by atoms with Gasteiger partial charge in [0.1, 0.15) is 17.3 Å². The predicted octanol–water partition coefficient (Wildman–Crippen LogP) is 2.86. The number of aromatic nitrogens is 5. The molecule has 0 aliphatic heterocycles. The van der Waals surface area contributed by atoms with E-state index in [2.05, 4.69) is 26.4 Å². The Kier molecular flexibility index (Phi) is 3.99. The van der Waals surface area contributed by atoms with Gasteiger partial charge in [0.2, 0.25) is 11.7 Å². The SMILES string of the molecule is Cc1nc(C(=O)N[C@H]2CCCc3oc(-c4ccnc(C5CC5)c4)nc32)n(C)n1. The largest absolute Gasteiger partial charge is 0.441 e. The Balaban J connectivity index is 1.41. The molecule has 8 heteroatoms. The van der Waals surface area contributed by atoms with Gasteiger partial charge < -0.3 is 9.73 Å². The molecule has 1 atom stereocenters. The molecule has 1 amide bonds. The van der Waals surface area contributed by atoms with E-state index in [1.807, 2.05) is 12.3 Å². The highest BCUT2D eigenvalue weighted by atomic mass is 16.4. The summed E-state index contributed by atoms with van der Waals surface area (Å²) in [5, 5.41) is 7.20. The lowest BCUT2D eigenvalue weighted by atomic mass is 9.97. The van der Waals surface area contributed by atoms with Crippen LogP contribution < -0.4 is 5.32 Å². The number of carbonyl (C=O) groups is 1. The predicted molar refractivity (Wildman–Crippen MR) is 101 cm³/mol. The number of carbonyl (C=O) groups excluding carboxylic acids is 1. The summed E-state index contributed by atoms with van der Waals surface area (Å²) in [6.07, 6.45) is 6.82. The van der Waals surface area contributed by atoms with Crippen molar-refractivity contribution in [3.05, 3.63) is 47.1 Å². The van der Waals surface area contributed by atoms with Crippen molar-refractivity contribution < 1.29 is 9.21 Å². The van der Waals surface area contributed by atoms with Crippen molar-refractivity contribution in [2.75, 3.05) is 0 Å². The zero-order valence-corrected chi connectivity index (χ0v) is 16.0. The number of aryl methyl sites for hydroxylation is 3. The van der Waals surface area contributed by atoms with Crippen LogP contribution in [0.3, 0.4) is 0 Å². The minimum atomic E-state index is -0.245. The van der Waals surface area contributed by atoms with Crippen molar-refractivity contribution in [1.29, 1.82) is 0 Å². The maximum atomic E-state index is 12.7. The van der Waals surface area contributed by atoms with E-state index >= 15 is 0 Å². The molecule has 1 N–H and O–H groups in total. The first-order valence-electron chi connectivity index (χ1n) is 9.73. The highest BCUT2D eigenvalue weighted by Crippen LogP contribution is 2.40. The molecule has 0 radical (unpaired) electrons. The van der Waals surface area contributed by atoms with E-state index in [9.17, 15) is 4.79 Å². The Bertz CT molecular complexity index is 1050. The van der Waals surface area contributed by atoms with Crippen LogP contribution in [0.25, 0.3) is 11.5 Å². The van der Waals surface area contributed by atoms with E-state index in [4.69, 9.17) is 9.40 Å². The number of nitrogens with zero attached hydrogens (tertiary/aromatic N) is 5. The topological polar surface area (TPSA) is 98.7 Å². The van der Waals surface area contributed by atoms with Gasteiger partial charge in [0.15, 0.2) is 0 Å². The molecule has 144 valence electrons. The zero-order chi connectivity index (χ0) is 19.3. The van der Waals surface area contributed by atoms with Crippen molar-refractivity contribution in [2.24, 2.45) is 7.05 Å². The smallest absolute Gasteiger partial charge is 0.289 e. The van der Waals surface area contributed by atoms with Gasteiger partial charge in [-0.1, -0.05) is 0 Å². The Morgan fingerprint density at radius 1 is 1.29 bits per heavy atom. The number of pyridine rings is 1. The summed E-state index contributed by atoms with van der Waals surface area (Å²) >= 11 is 0. The molecule has 5 rings (SSSR count). The van der Waals surface area contributed by atoms with Crippen LogP contribution in [0.4, 0.5) is 0 Å². The van der Waals surface area contributed by atoms with E-state index in [1.54, 1.807) is 14.0 Å². The quantitative estimate of drug-likeness (QED) is 0.749. The molecule has 2 aliphatic rings. The maximum Gasteiger partial charge on any atom is 0.289 e. The summed E-state index contributed by atoms with van der Waals surface area (Å²) in [5.74, 6) is 2.66. The van der Waals surface area contributed by atoms with Crippen molar-refractivity contribution in [3.8, 4) is 11.5 Å². The van der Waals surface area contributed by atoms with E-state index in [-0.39, 0.29) is 11.9 Å². The van der Waals surface area contributed by atoms with E-state index in [1.165, 1.54) is 17.5 Å². The standard InChI is InChI=1S/C20H22N6O2/c1-11-22-18(26(2)25-11)19(27)23-14-4-3-5-16-17(14)24-20(28-16)13-8-9-21-15(10-13)12-6-7-12/h8-10,12,14H,3-7H2,1-2H3,(H,23,27)/t14-/m0/s1. The van der Waals surface area contributed by atoms with Gasteiger partial charge in [-0.05, 0) is 44.7 Å². The molecular weight excluding hydrogens is 356 g/mol. The molecule has 28 heavy (non-hydrogen) atoms. The lowest BCUT2D eigenvalue weighted by Crippen LogP contribution is -2.32. The van der Waals surface area contributed by atoms with Gasteiger partial charge in [-0.25, -0.2) is 14.6 Å². The zero-order valence-electron chi connectivity index (χ0n) is 16.0. The highest BCUT2D eigenvalue weighted by Gasteiger charge is 2.30. The van der Waals surface area contributed by atoms with Gasteiger partial charge in [0, 0.05) is 36.8 Å². The van der Waals surface area contributed by atoms with Crippen LogP contribution in [0.1, 0.15) is 71.2 Å². The van der Waals surface area contributed by atoms with E-state index in [0.29, 0.717) is 23.5 Å². The van der Waals surface area contributed by atoms with Crippen LogP contribution in [0.2, 0.25) is 0 Å². The maximum absolute atomic E-state index is 12.7. The second-order valence-corrected chi connectivity index (χ2v) is 7.60. The molecule has 3 aromatic heterocycles.